The molecule has 10 heteroatoms. The van der Waals surface area contributed by atoms with Crippen LogP contribution in [0.15, 0.2) is 77.7 Å². The van der Waals surface area contributed by atoms with Crippen LogP contribution < -0.4 is 13.9 Å². The number of piperazine rings is 1. The minimum atomic E-state index is -4.12. The van der Waals surface area contributed by atoms with Crippen molar-refractivity contribution in [3.8, 4) is 5.75 Å². The van der Waals surface area contributed by atoms with Crippen LogP contribution in [0.2, 0.25) is 5.02 Å². The Hall–Kier alpha value is -3.30. The Balaban J connectivity index is 1.59. The van der Waals surface area contributed by atoms with E-state index in [-0.39, 0.29) is 22.3 Å². The van der Waals surface area contributed by atoms with Gasteiger partial charge in [0.1, 0.15) is 18.1 Å². The second-order valence-corrected chi connectivity index (χ2v) is 10.5. The van der Waals surface area contributed by atoms with Crippen molar-refractivity contribution in [2.24, 2.45) is 0 Å². The van der Waals surface area contributed by atoms with Gasteiger partial charge in [-0.15, -0.1) is 0 Å². The second kappa shape index (κ2) is 11.2. The fraction of sp³-hybridized carbons (Fsp3) is 0.269. The monoisotopic (exact) mass is 531 g/mol. The molecule has 1 aliphatic rings. The third-order valence-electron chi connectivity index (χ3n) is 5.94. The number of carbonyl (C=O) groups is 1. The Morgan fingerprint density at radius 1 is 0.972 bits per heavy atom. The lowest BCUT2D eigenvalue weighted by Crippen LogP contribution is -2.52. The molecule has 4 rings (SSSR count). The third-order valence-corrected chi connectivity index (χ3v) is 7.97. The summed E-state index contributed by atoms with van der Waals surface area (Å²) in [6, 6.07) is 19.0. The summed E-state index contributed by atoms with van der Waals surface area (Å²) in [5.74, 6) is -0.313. The number of ether oxygens (including phenoxy) is 1. The lowest BCUT2D eigenvalue weighted by molar-refractivity contribution is -0.129. The number of para-hydroxylation sites is 3. The predicted molar refractivity (Wildman–Crippen MR) is 139 cm³/mol. The molecule has 1 saturated heterocycles. The van der Waals surface area contributed by atoms with Crippen molar-refractivity contribution >= 4 is 38.9 Å². The van der Waals surface area contributed by atoms with Gasteiger partial charge in [-0.3, -0.25) is 9.10 Å². The average molecular weight is 532 g/mol. The van der Waals surface area contributed by atoms with Crippen LogP contribution in [0.3, 0.4) is 0 Å². The molecular formula is C26H27ClFN3O4S. The number of hydrogen-bond acceptors (Lipinski definition) is 5. The van der Waals surface area contributed by atoms with Crippen LogP contribution in [0.25, 0.3) is 0 Å². The van der Waals surface area contributed by atoms with E-state index in [1.54, 1.807) is 54.3 Å². The van der Waals surface area contributed by atoms with Gasteiger partial charge in [0.25, 0.3) is 10.0 Å². The van der Waals surface area contributed by atoms with Gasteiger partial charge in [-0.05, 0) is 55.5 Å². The fourth-order valence-corrected chi connectivity index (χ4v) is 5.65. The van der Waals surface area contributed by atoms with Crippen LogP contribution in [-0.4, -0.2) is 58.6 Å². The molecular weight excluding hydrogens is 505 g/mol. The Kier molecular flexibility index (Phi) is 8.01. The van der Waals surface area contributed by atoms with E-state index in [0.717, 1.165) is 4.31 Å². The fourth-order valence-electron chi connectivity index (χ4n) is 4.10. The van der Waals surface area contributed by atoms with Crippen molar-refractivity contribution < 1.29 is 22.3 Å². The first-order valence-corrected chi connectivity index (χ1v) is 13.4. The van der Waals surface area contributed by atoms with Crippen LogP contribution in [0.1, 0.15) is 6.92 Å². The van der Waals surface area contributed by atoms with Gasteiger partial charge < -0.3 is 14.5 Å². The highest BCUT2D eigenvalue weighted by molar-refractivity contribution is 7.92. The largest absolute Gasteiger partial charge is 0.492 e. The average Bonchev–Trinajstić information content (AvgIpc) is 2.88. The zero-order valence-electron chi connectivity index (χ0n) is 19.8. The number of halogens is 2. The van der Waals surface area contributed by atoms with E-state index in [4.69, 9.17) is 16.3 Å². The first kappa shape index (κ1) is 25.8. The highest BCUT2D eigenvalue weighted by atomic mass is 35.5. The second-order valence-electron chi connectivity index (χ2n) is 8.19. The number of nitrogens with zero attached hydrogens (tertiary/aromatic N) is 3. The molecule has 7 nitrogen and oxygen atoms in total. The van der Waals surface area contributed by atoms with Gasteiger partial charge in [0.2, 0.25) is 5.91 Å². The Morgan fingerprint density at radius 3 is 2.28 bits per heavy atom. The van der Waals surface area contributed by atoms with E-state index < -0.39 is 16.6 Å². The van der Waals surface area contributed by atoms with E-state index >= 15 is 0 Å². The van der Waals surface area contributed by atoms with Crippen molar-refractivity contribution in [3.05, 3.63) is 83.6 Å². The van der Waals surface area contributed by atoms with E-state index in [2.05, 4.69) is 0 Å². The first-order chi connectivity index (χ1) is 17.3. The summed E-state index contributed by atoms with van der Waals surface area (Å²) >= 11 is 5.96. The molecule has 0 spiro atoms. The normalized spacial score (nSPS) is 14.0. The van der Waals surface area contributed by atoms with Gasteiger partial charge in [0.15, 0.2) is 0 Å². The molecule has 1 aliphatic heterocycles. The molecule has 0 unspecified atom stereocenters. The van der Waals surface area contributed by atoms with E-state index in [1.807, 2.05) is 4.90 Å². The van der Waals surface area contributed by atoms with Crippen molar-refractivity contribution in [2.75, 3.05) is 48.5 Å². The van der Waals surface area contributed by atoms with Crippen LogP contribution in [0, 0.1) is 5.82 Å². The van der Waals surface area contributed by atoms with Crippen LogP contribution in [-0.2, 0) is 14.8 Å². The molecule has 0 N–H and O–H groups in total. The number of amides is 1. The SMILES string of the molecule is CCOc1ccccc1N(CC(=O)N1CCN(c2ccccc2F)CC1)S(=O)(=O)c1ccc(Cl)cc1. The molecule has 0 radical (unpaired) electrons. The van der Waals surface area contributed by atoms with Crippen molar-refractivity contribution in [3.63, 3.8) is 0 Å². The number of carbonyl (C=O) groups excluding carboxylic acids is 1. The van der Waals surface area contributed by atoms with Crippen molar-refractivity contribution in [1.29, 1.82) is 0 Å². The number of hydrogen-bond donors (Lipinski definition) is 0. The smallest absolute Gasteiger partial charge is 0.264 e. The predicted octanol–water partition coefficient (Wildman–Crippen LogP) is 4.42. The molecule has 0 aliphatic carbocycles. The lowest BCUT2D eigenvalue weighted by Gasteiger charge is -2.37. The summed E-state index contributed by atoms with van der Waals surface area (Å²) < 4.78 is 48.3. The molecule has 0 saturated carbocycles. The van der Waals surface area contributed by atoms with E-state index in [1.165, 1.54) is 30.3 Å². The van der Waals surface area contributed by atoms with Crippen molar-refractivity contribution in [2.45, 2.75) is 11.8 Å². The Bertz CT molecular complexity index is 1310. The molecule has 0 atom stereocenters. The summed E-state index contributed by atoms with van der Waals surface area (Å²) in [6.07, 6.45) is 0. The molecule has 1 heterocycles. The summed E-state index contributed by atoms with van der Waals surface area (Å²) in [4.78, 5) is 16.9. The quantitative estimate of drug-likeness (QED) is 0.430. The molecule has 190 valence electrons. The Labute approximate surface area is 215 Å². The zero-order chi connectivity index (χ0) is 25.7. The van der Waals surface area contributed by atoms with E-state index in [9.17, 15) is 17.6 Å². The van der Waals surface area contributed by atoms with Gasteiger partial charge >= 0.3 is 0 Å². The number of anilines is 2. The maximum Gasteiger partial charge on any atom is 0.264 e. The van der Waals surface area contributed by atoms with Crippen LogP contribution in [0.5, 0.6) is 5.75 Å². The first-order valence-electron chi connectivity index (χ1n) is 11.6. The zero-order valence-corrected chi connectivity index (χ0v) is 21.4. The van der Waals surface area contributed by atoms with E-state index in [0.29, 0.717) is 49.2 Å². The molecule has 36 heavy (non-hydrogen) atoms. The third kappa shape index (κ3) is 5.57. The highest BCUT2D eigenvalue weighted by Gasteiger charge is 2.32. The topological polar surface area (TPSA) is 70.2 Å². The van der Waals surface area contributed by atoms with Crippen LogP contribution in [0.4, 0.5) is 15.8 Å². The number of sulfonamides is 1. The van der Waals surface area contributed by atoms with Gasteiger partial charge in [-0.25, -0.2) is 12.8 Å². The summed E-state index contributed by atoms with van der Waals surface area (Å²) in [7, 11) is -4.12. The van der Waals surface area contributed by atoms with Gasteiger partial charge in [0.05, 0.1) is 22.9 Å². The summed E-state index contributed by atoms with van der Waals surface area (Å²) in [5.41, 5.74) is 0.759. The molecule has 3 aromatic rings. The highest BCUT2D eigenvalue weighted by Crippen LogP contribution is 2.33. The maximum absolute atomic E-state index is 14.2. The molecule has 1 fully saturated rings. The maximum atomic E-state index is 14.2. The molecule has 0 bridgehead atoms. The molecule has 1 amide bonds. The molecule has 0 aromatic heterocycles. The lowest BCUT2D eigenvalue weighted by atomic mass is 10.2. The minimum Gasteiger partial charge on any atom is -0.492 e. The minimum absolute atomic E-state index is 0.00961. The van der Waals surface area contributed by atoms with Gasteiger partial charge in [-0.1, -0.05) is 35.9 Å². The summed E-state index contributed by atoms with van der Waals surface area (Å²) in [5, 5.41) is 0.402. The van der Waals surface area contributed by atoms with Crippen molar-refractivity contribution in [1.82, 2.24) is 4.90 Å². The van der Waals surface area contributed by atoms with Crippen LogP contribution >= 0.6 is 11.6 Å². The molecule has 3 aromatic carbocycles. The number of benzene rings is 3. The van der Waals surface area contributed by atoms with Gasteiger partial charge in [-0.2, -0.15) is 0 Å². The summed E-state index contributed by atoms with van der Waals surface area (Å²) in [6.45, 7) is 3.28. The van der Waals surface area contributed by atoms with Gasteiger partial charge in [0, 0.05) is 31.2 Å². The Morgan fingerprint density at radius 2 is 1.61 bits per heavy atom. The number of rotatable bonds is 8. The standard InChI is InChI=1S/C26H27ClFN3O4S/c1-2-35-25-10-6-5-9-24(25)31(36(33,34)21-13-11-20(27)12-14-21)19-26(32)30-17-15-29(16-18-30)23-8-4-3-7-22(23)28/h3-14H,2,15-19H2,1H3.